The molecule has 0 aliphatic heterocycles. The van der Waals surface area contributed by atoms with Gasteiger partial charge in [0.25, 0.3) is 0 Å². The molecule has 3 heteroatoms. The average Bonchev–Trinajstić information content (AvgIpc) is 2.27. The summed E-state index contributed by atoms with van der Waals surface area (Å²) in [5, 5.41) is 11.1. The maximum atomic E-state index is 10.5. The third-order valence-electron chi connectivity index (χ3n) is 2.10. The Hall–Kier alpha value is -1.45. The Kier molecular flexibility index (Phi) is 2.43. The van der Waals surface area contributed by atoms with Gasteiger partial charge in [-0.05, 0) is 10.8 Å². The molecule has 0 aliphatic rings. The van der Waals surface area contributed by atoms with E-state index in [4.69, 9.17) is 0 Å². The van der Waals surface area contributed by atoms with Gasteiger partial charge in [0.2, 0.25) is 0 Å². The summed E-state index contributed by atoms with van der Waals surface area (Å²) in [4.78, 5) is 0. The van der Waals surface area contributed by atoms with Crippen LogP contribution in [0.25, 0.3) is 10.8 Å². The number of rotatable bonds is 1. The van der Waals surface area contributed by atoms with Crippen LogP contribution in [0.15, 0.2) is 42.5 Å². The van der Waals surface area contributed by atoms with Crippen molar-refractivity contribution in [1.29, 1.82) is 0 Å². The molecule has 0 fully saturated rings. The molecule has 0 bridgehead atoms. The zero-order valence-corrected chi connectivity index (χ0v) is 8.12. The number of benzene rings is 2. The highest BCUT2D eigenvalue weighted by atomic mass is 32.1. The van der Waals surface area contributed by atoms with Gasteiger partial charge in [-0.2, -0.15) is 0 Å². The van der Waals surface area contributed by atoms with Crippen LogP contribution in [-0.4, -0.2) is 14.4 Å². The predicted molar refractivity (Wildman–Crippen MR) is 58.8 cm³/mol. The first-order chi connectivity index (χ1) is 6.83. The molecule has 2 aromatic carbocycles. The molecular formula is C11H8O2S. The van der Waals surface area contributed by atoms with Gasteiger partial charge in [-0.1, -0.05) is 42.5 Å². The van der Waals surface area contributed by atoms with Gasteiger partial charge in [0.1, 0.15) is 11.3 Å². The third kappa shape index (κ3) is 1.47. The lowest BCUT2D eigenvalue weighted by molar-refractivity contribution is 0.569. The minimum atomic E-state index is -0.179. The molecule has 0 atom stereocenters. The van der Waals surface area contributed by atoms with E-state index in [2.05, 4.69) is 0 Å². The number of hydrogen-bond acceptors (Lipinski definition) is 1. The highest BCUT2D eigenvalue weighted by Crippen LogP contribution is 2.17. The van der Waals surface area contributed by atoms with Crippen molar-refractivity contribution in [2.24, 2.45) is 0 Å². The van der Waals surface area contributed by atoms with Gasteiger partial charge in [-0.15, -0.1) is 0 Å². The van der Waals surface area contributed by atoms with Crippen LogP contribution >= 0.6 is 0 Å². The molecule has 70 valence electrons. The second-order valence-electron chi connectivity index (χ2n) is 2.92. The second kappa shape index (κ2) is 3.74. The van der Waals surface area contributed by atoms with Crippen LogP contribution in [0.1, 0.15) is 5.56 Å². The molecule has 2 rings (SSSR count). The molecule has 0 saturated carbocycles. The van der Waals surface area contributed by atoms with Gasteiger partial charge in [-0.25, -0.2) is 4.21 Å². The van der Waals surface area contributed by atoms with Crippen LogP contribution in [-0.2, 0) is 11.3 Å². The Labute approximate surface area is 84.9 Å². The Morgan fingerprint density at radius 2 is 1.79 bits per heavy atom. The molecule has 0 unspecified atom stereocenters. The fraction of sp³-hybridized carbons (Fsp3) is 0. The molecule has 0 amide bonds. The number of hydrogen-bond donors (Lipinski definition) is 1. The Morgan fingerprint density at radius 1 is 1.07 bits per heavy atom. The zero-order valence-electron chi connectivity index (χ0n) is 7.31. The molecule has 0 heterocycles. The van der Waals surface area contributed by atoms with E-state index in [9.17, 15) is 9.32 Å². The maximum Gasteiger partial charge on any atom is 0.174 e. The molecular weight excluding hydrogens is 196 g/mol. The van der Waals surface area contributed by atoms with Crippen molar-refractivity contribution < 1.29 is 9.32 Å². The summed E-state index contributed by atoms with van der Waals surface area (Å²) >= 11 is 0.115. The van der Waals surface area contributed by atoms with Crippen molar-refractivity contribution in [3.63, 3.8) is 0 Å². The van der Waals surface area contributed by atoms with Crippen LogP contribution < -0.4 is 0 Å². The van der Waals surface area contributed by atoms with Gasteiger partial charge in [0, 0.05) is 5.56 Å². The predicted octanol–water partition coefficient (Wildman–Crippen LogP) is 2.09. The molecule has 1 N–H and O–H groups in total. The van der Waals surface area contributed by atoms with Crippen molar-refractivity contribution in [1.82, 2.24) is 0 Å². The van der Waals surface area contributed by atoms with Gasteiger partial charge < -0.3 is 5.11 Å². The fourth-order valence-electron chi connectivity index (χ4n) is 1.46. The molecule has 0 saturated heterocycles. The van der Waals surface area contributed by atoms with Crippen molar-refractivity contribution in [3.8, 4) is 0 Å². The average molecular weight is 204 g/mol. The van der Waals surface area contributed by atoms with Gasteiger partial charge in [0.05, 0.1) is 0 Å². The van der Waals surface area contributed by atoms with Crippen molar-refractivity contribution in [2.75, 3.05) is 0 Å². The summed E-state index contributed by atoms with van der Waals surface area (Å²) in [6.07, 6.45) is 0. The summed E-state index contributed by atoms with van der Waals surface area (Å²) < 4.78 is 10.5. The first-order valence-corrected chi connectivity index (χ1v) is 4.91. The van der Waals surface area contributed by atoms with Crippen LogP contribution in [0.4, 0.5) is 0 Å². The molecule has 0 radical (unpaired) electrons. The SMILES string of the molecule is O=S=C(O)c1cccc2ccccc12. The van der Waals surface area contributed by atoms with Gasteiger partial charge in [0.15, 0.2) is 5.05 Å². The fourth-order valence-corrected chi connectivity index (χ4v) is 1.72. The van der Waals surface area contributed by atoms with Gasteiger partial charge in [-0.3, -0.25) is 0 Å². The highest BCUT2D eigenvalue weighted by molar-refractivity contribution is 7.66. The van der Waals surface area contributed by atoms with E-state index >= 15 is 0 Å². The second-order valence-corrected chi connectivity index (χ2v) is 3.47. The number of aliphatic hydroxyl groups is 1. The third-order valence-corrected chi connectivity index (χ3v) is 2.48. The molecule has 14 heavy (non-hydrogen) atoms. The van der Waals surface area contributed by atoms with Crippen molar-refractivity contribution in [3.05, 3.63) is 48.0 Å². The normalized spacial score (nSPS) is 10.1. The number of aliphatic hydroxyl groups excluding tert-OH is 1. The summed E-state index contributed by atoms with van der Waals surface area (Å²) in [5.41, 5.74) is 0.600. The molecule has 0 aliphatic carbocycles. The van der Waals surface area contributed by atoms with E-state index in [0.717, 1.165) is 10.8 Å². The zero-order chi connectivity index (χ0) is 9.97. The number of fused-ring (bicyclic) bond motifs is 1. The van der Waals surface area contributed by atoms with Crippen LogP contribution in [0.5, 0.6) is 0 Å². The first kappa shape index (κ1) is 9.12. The molecule has 0 spiro atoms. The minimum absolute atomic E-state index is 0.115. The Morgan fingerprint density at radius 3 is 2.57 bits per heavy atom. The van der Waals surface area contributed by atoms with E-state index in [1.165, 1.54) is 0 Å². The van der Waals surface area contributed by atoms with E-state index < -0.39 is 0 Å². The van der Waals surface area contributed by atoms with Crippen molar-refractivity contribution >= 4 is 27.1 Å². The van der Waals surface area contributed by atoms with Gasteiger partial charge >= 0.3 is 0 Å². The molecule has 2 nitrogen and oxygen atoms in total. The summed E-state index contributed by atoms with van der Waals surface area (Å²) in [7, 11) is 0. The van der Waals surface area contributed by atoms with Crippen molar-refractivity contribution in [2.45, 2.75) is 0 Å². The van der Waals surface area contributed by atoms with Crippen LogP contribution in [0, 0.1) is 0 Å². The Balaban J connectivity index is 2.84. The first-order valence-electron chi connectivity index (χ1n) is 4.17. The quantitative estimate of drug-likeness (QED) is 0.722. The summed E-state index contributed by atoms with van der Waals surface area (Å²) in [6.45, 7) is 0. The molecule has 0 aromatic heterocycles. The van der Waals surface area contributed by atoms with E-state index in [0.29, 0.717) is 5.56 Å². The lowest BCUT2D eigenvalue weighted by Gasteiger charge is -2.02. The van der Waals surface area contributed by atoms with E-state index in [-0.39, 0.29) is 16.3 Å². The lowest BCUT2D eigenvalue weighted by atomic mass is 10.1. The largest absolute Gasteiger partial charge is 0.349 e. The van der Waals surface area contributed by atoms with E-state index in [1.807, 2.05) is 36.4 Å². The molecule has 2 aromatic rings. The van der Waals surface area contributed by atoms with Crippen LogP contribution in [0.3, 0.4) is 0 Å². The maximum absolute atomic E-state index is 10.5. The smallest absolute Gasteiger partial charge is 0.174 e. The monoisotopic (exact) mass is 204 g/mol. The lowest BCUT2D eigenvalue weighted by Crippen LogP contribution is -1.98. The summed E-state index contributed by atoms with van der Waals surface area (Å²) in [5.74, 6) is 0. The van der Waals surface area contributed by atoms with Crippen LogP contribution in [0.2, 0.25) is 0 Å². The minimum Gasteiger partial charge on any atom is -0.349 e. The Bertz CT molecular complexity index is 522. The highest BCUT2D eigenvalue weighted by Gasteiger charge is 2.03. The topological polar surface area (TPSA) is 37.3 Å². The van der Waals surface area contributed by atoms with E-state index in [1.54, 1.807) is 6.07 Å². The standard InChI is InChI=1S/C11H8O2S/c12-11(14-13)10-7-3-5-8-4-1-2-6-9(8)10/h1-7,12H. The summed E-state index contributed by atoms with van der Waals surface area (Å²) in [6, 6.07) is 13.1.